The van der Waals surface area contributed by atoms with Gasteiger partial charge in [0, 0.05) is 45.2 Å². The zero-order valence-electron chi connectivity index (χ0n) is 18.1. The Morgan fingerprint density at radius 2 is 1.63 bits per heavy atom. The van der Waals surface area contributed by atoms with Crippen LogP contribution in [-0.2, 0) is 11.3 Å². The van der Waals surface area contributed by atoms with Crippen LogP contribution in [-0.4, -0.2) is 62.5 Å². The summed E-state index contributed by atoms with van der Waals surface area (Å²) < 4.78 is 15.9. The normalized spacial score (nSPS) is 14.7. The van der Waals surface area contributed by atoms with Gasteiger partial charge in [-0.1, -0.05) is 29.8 Å². The maximum absolute atomic E-state index is 11.4. The molecule has 0 atom stereocenters. The first kappa shape index (κ1) is 21.6. The number of carbonyl (C=O) groups is 1. The molecule has 7 heteroatoms. The lowest BCUT2D eigenvalue weighted by Crippen LogP contribution is -2.43. The van der Waals surface area contributed by atoms with Crippen molar-refractivity contribution in [3.05, 3.63) is 53.1 Å². The second kappa shape index (κ2) is 10.1. The highest BCUT2D eigenvalue weighted by Crippen LogP contribution is 2.38. The Balaban J connectivity index is 1.61. The van der Waals surface area contributed by atoms with E-state index in [4.69, 9.17) is 14.2 Å². The quantitative estimate of drug-likeness (QED) is 0.396. The topological polar surface area (TPSA) is 63.6 Å². The average molecular weight is 412 g/mol. The summed E-state index contributed by atoms with van der Waals surface area (Å²) in [6.07, 6.45) is 1.78. The molecular formula is C23H29N3O4. The minimum absolute atomic E-state index is 0.273. The molecule has 0 radical (unpaired) electrons. The SMILES string of the molecule is COc1cc(C=NN2CCN(Cc3ccc(C)cc3)CC2)cc(OC)c1OC(C)=O. The van der Waals surface area contributed by atoms with Gasteiger partial charge in [-0.2, -0.15) is 5.10 Å². The Bertz CT molecular complexity index is 863. The van der Waals surface area contributed by atoms with Gasteiger partial charge in [0.2, 0.25) is 5.75 Å². The van der Waals surface area contributed by atoms with Crippen LogP contribution < -0.4 is 14.2 Å². The summed E-state index contributed by atoms with van der Waals surface area (Å²) in [4.78, 5) is 13.8. The van der Waals surface area contributed by atoms with Crippen LogP contribution in [0, 0.1) is 6.92 Å². The number of piperazine rings is 1. The van der Waals surface area contributed by atoms with E-state index in [-0.39, 0.29) is 5.75 Å². The third-order valence-corrected chi connectivity index (χ3v) is 4.97. The third kappa shape index (κ3) is 5.73. The maximum Gasteiger partial charge on any atom is 0.308 e. The van der Waals surface area contributed by atoms with E-state index in [1.54, 1.807) is 18.3 Å². The van der Waals surface area contributed by atoms with E-state index in [2.05, 4.69) is 46.2 Å². The van der Waals surface area contributed by atoms with Crippen molar-refractivity contribution >= 4 is 12.2 Å². The summed E-state index contributed by atoms with van der Waals surface area (Å²) in [5, 5.41) is 6.67. The Morgan fingerprint density at radius 1 is 1.03 bits per heavy atom. The van der Waals surface area contributed by atoms with Crippen LogP contribution in [0.2, 0.25) is 0 Å². The summed E-state index contributed by atoms with van der Waals surface area (Å²) in [6.45, 7) is 8.06. The van der Waals surface area contributed by atoms with Crippen molar-refractivity contribution in [2.75, 3.05) is 40.4 Å². The lowest BCUT2D eigenvalue weighted by atomic mass is 10.1. The van der Waals surface area contributed by atoms with Crippen molar-refractivity contribution in [1.29, 1.82) is 0 Å². The fraction of sp³-hybridized carbons (Fsp3) is 0.391. The van der Waals surface area contributed by atoms with Crippen LogP contribution in [0.1, 0.15) is 23.6 Å². The largest absolute Gasteiger partial charge is 0.493 e. The maximum atomic E-state index is 11.4. The van der Waals surface area contributed by atoms with Gasteiger partial charge in [-0.15, -0.1) is 0 Å². The van der Waals surface area contributed by atoms with Crippen LogP contribution in [0.3, 0.4) is 0 Å². The molecule has 2 aromatic rings. The van der Waals surface area contributed by atoms with Crippen molar-refractivity contribution in [2.24, 2.45) is 5.10 Å². The third-order valence-electron chi connectivity index (χ3n) is 4.97. The van der Waals surface area contributed by atoms with Crippen LogP contribution in [0.4, 0.5) is 0 Å². The van der Waals surface area contributed by atoms with E-state index < -0.39 is 5.97 Å². The molecule has 0 aliphatic carbocycles. The molecule has 7 nitrogen and oxygen atoms in total. The molecule has 0 aromatic heterocycles. The fourth-order valence-electron chi connectivity index (χ4n) is 3.33. The predicted octanol–water partition coefficient (Wildman–Crippen LogP) is 3.09. The molecule has 1 fully saturated rings. The number of benzene rings is 2. The fourth-order valence-corrected chi connectivity index (χ4v) is 3.33. The lowest BCUT2D eigenvalue weighted by Gasteiger charge is -2.33. The number of hydrogen-bond acceptors (Lipinski definition) is 7. The number of aryl methyl sites for hydroxylation is 1. The number of rotatable bonds is 7. The van der Waals surface area contributed by atoms with Gasteiger partial charge < -0.3 is 14.2 Å². The summed E-state index contributed by atoms with van der Waals surface area (Å²) in [5.74, 6) is 0.689. The van der Waals surface area contributed by atoms with Crippen molar-refractivity contribution in [2.45, 2.75) is 20.4 Å². The van der Waals surface area contributed by atoms with Gasteiger partial charge in [-0.05, 0) is 24.6 Å². The Morgan fingerprint density at radius 3 is 2.17 bits per heavy atom. The Labute approximate surface area is 177 Å². The Hall–Kier alpha value is -3.06. The highest BCUT2D eigenvalue weighted by molar-refractivity contribution is 5.83. The standard InChI is InChI=1S/C23H29N3O4/c1-17-5-7-19(8-6-17)16-25-9-11-26(12-10-25)24-15-20-13-21(28-3)23(30-18(2)27)22(14-20)29-4/h5-8,13-15H,9-12,16H2,1-4H3. The molecule has 0 amide bonds. The smallest absolute Gasteiger partial charge is 0.308 e. The number of esters is 1. The van der Waals surface area contributed by atoms with Gasteiger partial charge >= 0.3 is 5.97 Å². The zero-order valence-corrected chi connectivity index (χ0v) is 18.1. The molecule has 0 bridgehead atoms. The molecular weight excluding hydrogens is 382 g/mol. The molecule has 3 rings (SSSR count). The van der Waals surface area contributed by atoms with Crippen molar-refractivity contribution < 1.29 is 19.0 Å². The van der Waals surface area contributed by atoms with E-state index >= 15 is 0 Å². The van der Waals surface area contributed by atoms with Crippen LogP contribution in [0.15, 0.2) is 41.5 Å². The number of methoxy groups -OCH3 is 2. The second-order valence-electron chi connectivity index (χ2n) is 7.31. The highest BCUT2D eigenvalue weighted by atomic mass is 16.6. The number of carbonyl (C=O) groups excluding carboxylic acids is 1. The van der Waals surface area contributed by atoms with E-state index in [9.17, 15) is 4.79 Å². The average Bonchev–Trinajstić information content (AvgIpc) is 2.75. The molecule has 2 aromatic carbocycles. The second-order valence-corrected chi connectivity index (χ2v) is 7.31. The van der Waals surface area contributed by atoms with E-state index in [1.165, 1.54) is 32.3 Å². The summed E-state index contributed by atoms with van der Waals surface area (Å²) in [7, 11) is 3.05. The predicted molar refractivity (Wildman–Crippen MR) is 116 cm³/mol. The van der Waals surface area contributed by atoms with Gasteiger partial charge in [0.1, 0.15) is 0 Å². The Kier molecular flexibility index (Phi) is 7.30. The first-order valence-corrected chi connectivity index (χ1v) is 9.99. The molecule has 1 saturated heterocycles. The van der Waals surface area contributed by atoms with Crippen LogP contribution in [0.25, 0.3) is 0 Å². The van der Waals surface area contributed by atoms with Gasteiger partial charge in [-0.25, -0.2) is 0 Å². The molecule has 1 aliphatic rings. The molecule has 0 N–H and O–H groups in total. The van der Waals surface area contributed by atoms with Crippen LogP contribution in [0.5, 0.6) is 17.2 Å². The van der Waals surface area contributed by atoms with Crippen molar-refractivity contribution in [1.82, 2.24) is 9.91 Å². The van der Waals surface area contributed by atoms with Gasteiger partial charge in [-0.3, -0.25) is 14.7 Å². The molecule has 1 heterocycles. The summed E-state index contributed by atoms with van der Waals surface area (Å²) in [6, 6.07) is 12.3. The molecule has 30 heavy (non-hydrogen) atoms. The number of ether oxygens (including phenoxy) is 3. The van der Waals surface area contributed by atoms with Gasteiger partial charge in [0.25, 0.3) is 0 Å². The first-order valence-electron chi connectivity index (χ1n) is 9.99. The summed E-state index contributed by atoms with van der Waals surface area (Å²) in [5.41, 5.74) is 3.43. The van der Waals surface area contributed by atoms with Crippen molar-refractivity contribution in [3.8, 4) is 17.2 Å². The monoisotopic (exact) mass is 411 g/mol. The van der Waals surface area contributed by atoms with E-state index in [1.807, 2.05) is 0 Å². The van der Waals surface area contributed by atoms with Gasteiger partial charge in [0.05, 0.1) is 20.4 Å². The van der Waals surface area contributed by atoms with Crippen LogP contribution >= 0.6 is 0 Å². The molecule has 160 valence electrons. The van der Waals surface area contributed by atoms with Crippen molar-refractivity contribution in [3.63, 3.8) is 0 Å². The minimum atomic E-state index is -0.434. The lowest BCUT2D eigenvalue weighted by molar-refractivity contribution is -0.132. The molecule has 0 saturated carbocycles. The molecule has 0 spiro atoms. The number of hydrazone groups is 1. The molecule has 0 unspecified atom stereocenters. The number of nitrogens with zero attached hydrogens (tertiary/aromatic N) is 3. The van der Waals surface area contributed by atoms with Gasteiger partial charge in [0.15, 0.2) is 11.5 Å². The highest BCUT2D eigenvalue weighted by Gasteiger charge is 2.17. The molecule has 1 aliphatic heterocycles. The summed E-state index contributed by atoms with van der Waals surface area (Å²) >= 11 is 0. The van der Waals surface area contributed by atoms with E-state index in [0.29, 0.717) is 11.5 Å². The first-order chi connectivity index (χ1) is 14.5. The zero-order chi connectivity index (χ0) is 21.5. The minimum Gasteiger partial charge on any atom is -0.493 e. The van der Waals surface area contributed by atoms with E-state index in [0.717, 1.165) is 38.3 Å². The number of hydrogen-bond donors (Lipinski definition) is 0.